The van der Waals surface area contributed by atoms with Gasteiger partial charge >= 0.3 is 11.9 Å². The molecule has 0 saturated carbocycles. The maximum atomic E-state index is 11.4. The molecule has 2 aliphatic rings. The van der Waals surface area contributed by atoms with Gasteiger partial charge in [-0.15, -0.1) is 0 Å². The maximum Gasteiger partial charge on any atom is 0.335 e. The molecule has 2 aliphatic heterocycles. The molecule has 0 bridgehead atoms. The highest BCUT2D eigenvalue weighted by molar-refractivity contribution is 5.89. The van der Waals surface area contributed by atoms with Crippen molar-refractivity contribution in [3.63, 3.8) is 0 Å². The van der Waals surface area contributed by atoms with Crippen molar-refractivity contribution in [2.75, 3.05) is 6.61 Å². The fourth-order valence-electron chi connectivity index (χ4n) is 2.99. The maximum absolute atomic E-state index is 11.4. The van der Waals surface area contributed by atoms with Gasteiger partial charge in [-0.3, -0.25) is 4.79 Å². The molecule has 2 heterocycles. The van der Waals surface area contributed by atoms with Gasteiger partial charge < -0.3 is 44.8 Å². The molecule has 0 amide bonds. The van der Waals surface area contributed by atoms with Crippen molar-refractivity contribution in [3.8, 4) is 0 Å². The van der Waals surface area contributed by atoms with E-state index < -0.39 is 67.9 Å². The van der Waals surface area contributed by atoms with E-state index in [1.807, 2.05) is 0 Å². The van der Waals surface area contributed by atoms with Crippen molar-refractivity contribution >= 4 is 11.9 Å². The molecule has 0 aromatic carbocycles. The van der Waals surface area contributed by atoms with Crippen molar-refractivity contribution in [1.29, 1.82) is 0 Å². The van der Waals surface area contributed by atoms with Crippen LogP contribution < -0.4 is 0 Å². The minimum Gasteiger partial charge on any atom is -0.481 e. The first kappa shape index (κ1) is 21.3. The van der Waals surface area contributed by atoms with E-state index in [2.05, 4.69) is 0 Å². The molecule has 0 radical (unpaired) electrons. The number of carbonyl (C=O) groups is 2. The van der Waals surface area contributed by atoms with Crippen molar-refractivity contribution < 1.29 is 54.4 Å². The quantitative estimate of drug-likeness (QED) is 0.280. The third kappa shape index (κ3) is 4.46. The zero-order valence-electron chi connectivity index (χ0n) is 14.3. The number of hydrogen-bond donors (Lipinski definition) is 6. The minimum atomic E-state index is -1.69. The van der Waals surface area contributed by atoms with Crippen LogP contribution in [0.4, 0.5) is 0 Å². The van der Waals surface area contributed by atoms with Gasteiger partial charge in [0, 0.05) is 11.5 Å². The molecule has 6 N–H and O–H groups in total. The minimum absolute atomic E-state index is 0.175. The topological polar surface area (TPSA) is 183 Å². The average molecular weight is 390 g/mol. The molecular formula is C16H22O11. The molecule has 0 spiro atoms. The summed E-state index contributed by atoms with van der Waals surface area (Å²) in [6.45, 7) is 0.874. The number of aliphatic hydroxyl groups is 4. The summed E-state index contributed by atoms with van der Waals surface area (Å²) in [7, 11) is 0. The summed E-state index contributed by atoms with van der Waals surface area (Å²) in [5.41, 5.74) is -0.103. The highest BCUT2D eigenvalue weighted by Crippen LogP contribution is 2.35. The van der Waals surface area contributed by atoms with Crippen LogP contribution >= 0.6 is 0 Å². The number of carboxylic acid groups (broad SMARTS) is 2. The largest absolute Gasteiger partial charge is 0.481 e. The second-order valence-electron chi connectivity index (χ2n) is 6.12. The second kappa shape index (κ2) is 8.78. The first-order valence-corrected chi connectivity index (χ1v) is 8.13. The Kier molecular flexibility index (Phi) is 6.92. The van der Waals surface area contributed by atoms with Crippen LogP contribution in [0.15, 0.2) is 23.5 Å². The zero-order valence-corrected chi connectivity index (χ0v) is 14.3. The monoisotopic (exact) mass is 390 g/mol. The summed E-state index contributed by atoms with van der Waals surface area (Å²) in [6, 6.07) is 0. The fourth-order valence-corrected chi connectivity index (χ4v) is 2.99. The van der Waals surface area contributed by atoms with Gasteiger partial charge in [-0.2, -0.15) is 0 Å². The first-order chi connectivity index (χ1) is 12.7. The third-order valence-corrected chi connectivity index (χ3v) is 4.43. The van der Waals surface area contributed by atoms with Gasteiger partial charge in [-0.25, -0.2) is 4.79 Å². The Morgan fingerprint density at radius 2 is 1.85 bits per heavy atom. The van der Waals surface area contributed by atoms with Gasteiger partial charge in [0.2, 0.25) is 6.29 Å². The number of carboxylic acids is 2. The standard InChI is InChI=1S/C16H22O11/c1-2-6-7(3-10(18)19)8(14(23)24)5-25-15(6)27-16-13(22)12(21)11(20)9(4-17)26-16/h2,5,7,9,11-13,15-17,20-22H,3-4H2,1H3,(H,18,19)(H,23,24)/b6-2+/t7-,9?,11?,12?,13?,15?,16?/m0/s1. The smallest absolute Gasteiger partial charge is 0.335 e. The molecule has 0 aliphatic carbocycles. The number of rotatable bonds is 6. The normalized spacial score (nSPS) is 38.2. The first-order valence-electron chi connectivity index (χ1n) is 8.13. The SMILES string of the molecule is C/C=C1/C(OC2OC(CO)C(O)C(O)C2O)OC=C(C(=O)O)[C@H]1CC(=O)O. The van der Waals surface area contributed by atoms with Gasteiger partial charge in [-0.05, 0) is 6.92 Å². The Labute approximate surface area is 153 Å². The van der Waals surface area contributed by atoms with E-state index >= 15 is 0 Å². The summed E-state index contributed by atoms with van der Waals surface area (Å²) < 4.78 is 15.9. The van der Waals surface area contributed by atoms with E-state index in [9.17, 15) is 35.1 Å². The number of ether oxygens (including phenoxy) is 3. The molecule has 11 nitrogen and oxygen atoms in total. The number of aliphatic hydroxyl groups excluding tert-OH is 4. The average Bonchev–Trinajstić information content (AvgIpc) is 2.61. The molecule has 2 rings (SSSR count). The molecule has 0 aromatic rings. The lowest BCUT2D eigenvalue weighted by Crippen LogP contribution is -2.60. The van der Waals surface area contributed by atoms with E-state index in [1.165, 1.54) is 13.0 Å². The Bertz CT molecular complexity index is 626. The Morgan fingerprint density at radius 3 is 2.37 bits per heavy atom. The van der Waals surface area contributed by atoms with Gasteiger partial charge in [0.05, 0.1) is 24.9 Å². The van der Waals surface area contributed by atoms with Crippen molar-refractivity contribution in [2.45, 2.75) is 50.3 Å². The predicted octanol–water partition coefficient (Wildman–Crippen LogP) is -1.84. The van der Waals surface area contributed by atoms with Crippen LogP contribution in [0.3, 0.4) is 0 Å². The van der Waals surface area contributed by atoms with Gasteiger partial charge in [0.15, 0.2) is 6.29 Å². The Balaban J connectivity index is 2.25. The number of hydrogen-bond acceptors (Lipinski definition) is 9. The Morgan fingerprint density at radius 1 is 1.19 bits per heavy atom. The van der Waals surface area contributed by atoms with Crippen LogP contribution in [0, 0.1) is 5.92 Å². The van der Waals surface area contributed by atoms with E-state index in [0.717, 1.165) is 6.26 Å². The highest BCUT2D eigenvalue weighted by atomic mass is 16.8. The van der Waals surface area contributed by atoms with Gasteiger partial charge in [-0.1, -0.05) is 6.08 Å². The van der Waals surface area contributed by atoms with E-state index in [1.54, 1.807) is 0 Å². The molecule has 6 unspecified atom stereocenters. The lowest BCUT2D eigenvalue weighted by Gasteiger charge is -2.41. The molecule has 1 saturated heterocycles. The zero-order chi connectivity index (χ0) is 20.3. The summed E-state index contributed by atoms with van der Waals surface area (Å²) in [5, 5.41) is 57.2. The van der Waals surface area contributed by atoms with Crippen LogP contribution in [0.1, 0.15) is 13.3 Å². The summed E-state index contributed by atoms with van der Waals surface area (Å²) in [6.07, 6.45) is -7.20. The van der Waals surface area contributed by atoms with Crippen molar-refractivity contribution in [2.24, 2.45) is 5.92 Å². The van der Waals surface area contributed by atoms with E-state index in [0.29, 0.717) is 0 Å². The molecule has 27 heavy (non-hydrogen) atoms. The van der Waals surface area contributed by atoms with E-state index in [4.69, 9.17) is 19.3 Å². The molecule has 0 aromatic heterocycles. The molecular weight excluding hydrogens is 368 g/mol. The van der Waals surface area contributed by atoms with Gasteiger partial charge in [0.25, 0.3) is 0 Å². The summed E-state index contributed by atoms with van der Waals surface area (Å²) >= 11 is 0. The predicted molar refractivity (Wildman–Crippen MR) is 84.9 cm³/mol. The second-order valence-corrected chi connectivity index (χ2v) is 6.12. The summed E-state index contributed by atoms with van der Waals surface area (Å²) in [4.78, 5) is 22.5. The molecule has 1 fully saturated rings. The van der Waals surface area contributed by atoms with Crippen LogP contribution in [-0.2, 0) is 23.8 Å². The van der Waals surface area contributed by atoms with Gasteiger partial charge in [0.1, 0.15) is 24.4 Å². The number of allylic oxidation sites excluding steroid dienone is 1. The molecule has 152 valence electrons. The lowest BCUT2D eigenvalue weighted by atomic mass is 9.86. The fraction of sp³-hybridized carbons (Fsp3) is 0.625. The third-order valence-electron chi connectivity index (χ3n) is 4.43. The summed E-state index contributed by atoms with van der Waals surface area (Å²) in [5.74, 6) is -3.64. The number of aliphatic carboxylic acids is 2. The lowest BCUT2D eigenvalue weighted by molar-refractivity contribution is -0.327. The van der Waals surface area contributed by atoms with Crippen LogP contribution in [-0.4, -0.2) is 86.2 Å². The van der Waals surface area contributed by atoms with Crippen LogP contribution in [0.25, 0.3) is 0 Å². The highest BCUT2D eigenvalue weighted by Gasteiger charge is 2.46. The molecule has 11 heteroatoms. The van der Waals surface area contributed by atoms with Crippen molar-refractivity contribution in [3.05, 3.63) is 23.5 Å². The van der Waals surface area contributed by atoms with Crippen molar-refractivity contribution in [1.82, 2.24) is 0 Å². The van der Waals surface area contributed by atoms with E-state index in [-0.39, 0.29) is 11.1 Å². The van der Waals surface area contributed by atoms with Crippen LogP contribution in [0.2, 0.25) is 0 Å². The van der Waals surface area contributed by atoms with Crippen LogP contribution in [0.5, 0.6) is 0 Å². The molecule has 7 atom stereocenters. The Hall–Kier alpha value is -2.02.